The van der Waals surface area contributed by atoms with Crippen LogP contribution in [0.3, 0.4) is 0 Å². The third-order valence-electron chi connectivity index (χ3n) is 3.05. The molecule has 0 spiro atoms. The summed E-state index contributed by atoms with van der Waals surface area (Å²) in [6.45, 7) is 16.5. The van der Waals surface area contributed by atoms with Gasteiger partial charge < -0.3 is 0 Å². The minimum absolute atomic E-state index is 0.377. The second-order valence-corrected chi connectivity index (χ2v) is 6.14. The Bertz CT molecular complexity index is 135. The normalized spacial score (nSPS) is 22.5. The minimum atomic E-state index is 0.377. The molecule has 1 aliphatic heterocycles. The zero-order valence-electron chi connectivity index (χ0n) is 9.44. The van der Waals surface area contributed by atoms with E-state index in [-0.39, 0.29) is 0 Å². The maximum absolute atomic E-state index is 2.56. The van der Waals surface area contributed by atoms with E-state index in [4.69, 9.17) is 0 Å². The average Bonchev–Trinajstić information content (AvgIpc) is 1.46. The third-order valence-corrected chi connectivity index (χ3v) is 3.05. The molecule has 0 amide bonds. The van der Waals surface area contributed by atoms with E-state index in [1.807, 2.05) is 0 Å². The van der Waals surface area contributed by atoms with Crippen molar-refractivity contribution in [3.63, 3.8) is 0 Å². The van der Waals surface area contributed by atoms with Gasteiger partial charge >= 0.3 is 0 Å². The summed E-state index contributed by atoms with van der Waals surface area (Å²) < 4.78 is 0. The highest BCUT2D eigenvalue weighted by molar-refractivity contribution is 4.93. The molecule has 0 aliphatic carbocycles. The summed E-state index contributed by atoms with van der Waals surface area (Å²) in [6, 6.07) is 0. The van der Waals surface area contributed by atoms with Gasteiger partial charge in [-0.15, -0.1) is 0 Å². The van der Waals surface area contributed by atoms with Crippen LogP contribution in [0.2, 0.25) is 0 Å². The number of rotatable bonds is 0. The third kappa shape index (κ3) is 2.01. The smallest absolute Gasteiger partial charge is 0.0125 e. The van der Waals surface area contributed by atoms with Gasteiger partial charge in [0.15, 0.2) is 0 Å². The molecular weight excluding hydrogens is 146 g/mol. The summed E-state index contributed by atoms with van der Waals surface area (Å²) in [5, 5.41) is 0. The summed E-state index contributed by atoms with van der Waals surface area (Å²) in [5.74, 6) is 0.900. The lowest BCUT2D eigenvalue weighted by atomic mass is 9.74. The highest BCUT2D eigenvalue weighted by atomic mass is 15.2. The van der Waals surface area contributed by atoms with E-state index in [0.29, 0.717) is 11.0 Å². The van der Waals surface area contributed by atoms with Crippen LogP contribution < -0.4 is 0 Å². The molecule has 1 saturated heterocycles. The van der Waals surface area contributed by atoms with Crippen molar-refractivity contribution in [2.24, 2.45) is 11.3 Å². The second-order valence-electron chi connectivity index (χ2n) is 6.14. The Morgan fingerprint density at radius 1 is 0.917 bits per heavy atom. The van der Waals surface area contributed by atoms with Crippen LogP contribution >= 0.6 is 0 Å². The number of nitrogens with zero attached hydrogens (tertiary/aromatic N) is 1. The van der Waals surface area contributed by atoms with E-state index >= 15 is 0 Å². The van der Waals surface area contributed by atoms with Crippen LogP contribution in [-0.2, 0) is 0 Å². The van der Waals surface area contributed by atoms with E-state index in [2.05, 4.69) is 46.4 Å². The maximum atomic E-state index is 2.56. The van der Waals surface area contributed by atoms with Gasteiger partial charge in [0, 0.05) is 18.6 Å². The molecule has 1 rings (SSSR count). The van der Waals surface area contributed by atoms with Crippen LogP contribution in [0.4, 0.5) is 0 Å². The van der Waals surface area contributed by atoms with E-state index in [9.17, 15) is 0 Å². The zero-order chi connectivity index (χ0) is 9.57. The Balaban J connectivity index is 2.39. The van der Waals surface area contributed by atoms with Gasteiger partial charge in [-0.3, -0.25) is 4.90 Å². The highest BCUT2D eigenvalue weighted by Gasteiger charge is 2.39. The maximum Gasteiger partial charge on any atom is 0.0125 e. The molecule has 0 radical (unpaired) electrons. The molecule has 0 unspecified atom stereocenters. The van der Waals surface area contributed by atoms with Crippen molar-refractivity contribution < 1.29 is 0 Å². The molecule has 0 aromatic heterocycles. The average molecular weight is 169 g/mol. The number of hydrogen-bond donors (Lipinski definition) is 0. The summed E-state index contributed by atoms with van der Waals surface area (Å²) in [4.78, 5) is 2.56. The predicted octanol–water partition coefficient (Wildman–Crippen LogP) is 2.76. The summed E-state index contributed by atoms with van der Waals surface area (Å²) in [7, 11) is 0. The van der Waals surface area contributed by atoms with Gasteiger partial charge in [-0.05, 0) is 32.1 Å². The molecule has 0 saturated carbocycles. The molecule has 0 N–H and O–H groups in total. The highest BCUT2D eigenvalue weighted by Crippen LogP contribution is 2.36. The quantitative estimate of drug-likeness (QED) is 0.539. The fourth-order valence-corrected chi connectivity index (χ4v) is 1.57. The molecular formula is C11H23N. The molecule has 0 aromatic carbocycles. The Hall–Kier alpha value is -0.0400. The van der Waals surface area contributed by atoms with E-state index in [1.165, 1.54) is 13.1 Å². The molecule has 1 nitrogen and oxygen atoms in total. The lowest BCUT2D eigenvalue weighted by molar-refractivity contribution is -0.0345. The molecule has 1 fully saturated rings. The largest absolute Gasteiger partial charge is 0.298 e. The molecule has 1 heterocycles. The zero-order valence-corrected chi connectivity index (χ0v) is 9.44. The van der Waals surface area contributed by atoms with Gasteiger partial charge in [0.1, 0.15) is 0 Å². The Labute approximate surface area is 77.1 Å². The molecule has 0 bridgehead atoms. The van der Waals surface area contributed by atoms with Gasteiger partial charge in [-0.25, -0.2) is 0 Å². The first kappa shape index (κ1) is 10.0. The SMILES string of the molecule is CC(C)(C)C1CN(C(C)(C)C)C1. The predicted molar refractivity (Wildman–Crippen MR) is 54.3 cm³/mol. The first-order valence-corrected chi connectivity index (χ1v) is 4.96. The lowest BCUT2D eigenvalue weighted by Gasteiger charge is -2.52. The van der Waals surface area contributed by atoms with Crippen molar-refractivity contribution in [1.82, 2.24) is 4.90 Å². The van der Waals surface area contributed by atoms with E-state index < -0.39 is 0 Å². The van der Waals surface area contributed by atoms with E-state index in [0.717, 1.165) is 5.92 Å². The Morgan fingerprint density at radius 3 is 1.58 bits per heavy atom. The molecule has 1 aliphatic rings. The van der Waals surface area contributed by atoms with E-state index in [1.54, 1.807) is 0 Å². The first-order chi connectivity index (χ1) is 5.21. The van der Waals surface area contributed by atoms with Gasteiger partial charge in [0.2, 0.25) is 0 Å². The standard InChI is InChI=1S/C11H23N/c1-10(2,3)9-7-12(8-9)11(4,5)6/h9H,7-8H2,1-6H3. The van der Waals surface area contributed by atoms with Gasteiger partial charge in [0.25, 0.3) is 0 Å². The minimum Gasteiger partial charge on any atom is -0.298 e. The van der Waals surface area contributed by atoms with Crippen LogP contribution in [0.15, 0.2) is 0 Å². The monoisotopic (exact) mass is 169 g/mol. The Kier molecular flexibility index (Phi) is 2.28. The number of likely N-dealkylation sites (tertiary alicyclic amines) is 1. The fourth-order valence-electron chi connectivity index (χ4n) is 1.57. The van der Waals surface area contributed by atoms with Gasteiger partial charge in [-0.1, -0.05) is 20.8 Å². The molecule has 1 heteroatoms. The lowest BCUT2D eigenvalue weighted by Crippen LogP contribution is -2.59. The molecule has 72 valence electrons. The second kappa shape index (κ2) is 2.73. The van der Waals surface area contributed by atoms with Crippen molar-refractivity contribution in [2.75, 3.05) is 13.1 Å². The molecule has 12 heavy (non-hydrogen) atoms. The van der Waals surface area contributed by atoms with Crippen molar-refractivity contribution in [2.45, 2.75) is 47.1 Å². The summed E-state index contributed by atoms with van der Waals surface area (Å²) in [5.41, 5.74) is 0.878. The van der Waals surface area contributed by atoms with Crippen LogP contribution in [0, 0.1) is 11.3 Å². The van der Waals surface area contributed by atoms with Crippen molar-refractivity contribution in [3.8, 4) is 0 Å². The fraction of sp³-hybridized carbons (Fsp3) is 1.00. The van der Waals surface area contributed by atoms with Crippen molar-refractivity contribution >= 4 is 0 Å². The molecule has 0 aromatic rings. The van der Waals surface area contributed by atoms with Crippen molar-refractivity contribution in [1.29, 1.82) is 0 Å². The Morgan fingerprint density at radius 2 is 1.33 bits per heavy atom. The van der Waals surface area contributed by atoms with Crippen molar-refractivity contribution in [3.05, 3.63) is 0 Å². The van der Waals surface area contributed by atoms with Crippen LogP contribution in [0.25, 0.3) is 0 Å². The molecule has 0 atom stereocenters. The van der Waals surface area contributed by atoms with Gasteiger partial charge in [0.05, 0.1) is 0 Å². The van der Waals surface area contributed by atoms with Gasteiger partial charge in [-0.2, -0.15) is 0 Å². The topological polar surface area (TPSA) is 3.24 Å². The van der Waals surface area contributed by atoms with Crippen LogP contribution in [0.5, 0.6) is 0 Å². The first-order valence-electron chi connectivity index (χ1n) is 4.96. The summed E-state index contributed by atoms with van der Waals surface area (Å²) in [6.07, 6.45) is 0. The van der Waals surface area contributed by atoms with Crippen LogP contribution in [-0.4, -0.2) is 23.5 Å². The van der Waals surface area contributed by atoms with Crippen LogP contribution in [0.1, 0.15) is 41.5 Å². The number of hydrogen-bond acceptors (Lipinski definition) is 1. The summed E-state index contributed by atoms with van der Waals surface area (Å²) >= 11 is 0.